The van der Waals surface area contributed by atoms with Crippen LogP contribution in [-0.4, -0.2) is 23.8 Å². The monoisotopic (exact) mass is 282 g/mol. The summed E-state index contributed by atoms with van der Waals surface area (Å²) in [6, 6.07) is 0. The summed E-state index contributed by atoms with van der Waals surface area (Å²) in [5.41, 5.74) is 0.587. The molecule has 2 rings (SSSR count). The zero-order valence-corrected chi connectivity index (χ0v) is 12.0. The quantitative estimate of drug-likeness (QED) is 0.901. The van der Waals surface area contributed by atoms with Gasteiger partial charge >= 0.3 is 5.97 Å². The van der Waals surface area contributed by atoms with Crippen molar-refractivity contribution in [2.45, 2.75) is 26.4 Å². The van der Waals surface area contributed by atoms with Crippen molar-refractivity contribution in [2.75, 3.05) is 7.11 Å². The van der Waals surface area contributed by atoms with Crippen LogP contribution in [0.5, 0.6) is 11.5 Å². The molecule has 102 valence electrons. The minimum Gasteiger partial charge on any atom is -0.495 e. The highest BCUT2D eigenvalue weighted by Gasteiger charge is 2.31. The van der Waals surface area contributed by atoms with Gasteiger partial charge in [0, 0.05) is 0 Å². The number of carboxylic acids is 1. The van der Waals surface area contributed by atoms with E-state index >= 15 is 0 Å². The van der Waals surface area contributed by atoms with Gasteiger partial charge in [0.25, 0.3) is 0 Å². The highest BCUT2D eigenvalue weighted by molar-refractivity contribution is 6.34. The van der Waals surface area contributed by atoms with Gasteiger partial charge in [-0.2, -0.15) is 0 Å². The summed E-state index contributed by atoms with van der Waals surface area (Å²) in [4.78, 5) is 11.4. The molecule has 1 aromatic rings. The minimum atomic E-state index is -1.07. The Kier molecular flexibility index (Phi) is 3.22. The molecule has 1 aliphatic rings. The van der Waals surface area contributed by atoms with Crippen molar-refractivity contribution in [1.82, 2.24) is 0 Å². The number of hydrogen-bond acceptors (Lipinski definition) is 3. The summed E-state index contributed by atoms with van der Waals surface area (Å²) in [6.45, 7) is 5.44. The van der Waals surface area contributed by atoms with Crippen LogP contribution in [0, 0.1) is 6.92 Å². The lowest BCUT2D eigenvalue weighted by molar-refractivity contribution is 0.0692. The van der Waals surface area contributed by atoms with Gasteiger partial charge in [0.1, 0.15) is 22.7 Å². The maximum absolute atomic E-state index is 11.4. The third-order valence-corrected chi connectivity index (χ3v) is 3.51. The van der Waals surface area contributed by atoms with E-state index in [1.165, 1.54) is 7.11 Å². The Labute approximate surface area is 116 Å². The molecule has 5 heteroatoms. The van der Waals surface area contributed by atoms with Crippen molar-refractivity contribution < 1.29 is 19.4 Å². The zero-order chi connectivity index (χ0) is 14.4. The first kappa shape index (κ1) is 13.7. The maximum Gasteiger partial charge on any atom is 0.339 e. The molecule has 1 N–H and O–H groups in total. The number of hydrogen-bond donors (Lipinski definition) is 1. The molecule has 0 fully saturated rings. The first-order chi connectivity index (χ1) is 8.78. The van der Waals surface area contributed by atoms with Gasteiger partial charge in [-0.3, -0.25) is 0 Å². The van der Waals surface area contributed by atoms with Gasteiger partial charge in [-0.1, -0.05) is 11.6 Å². The summed E-state index contributed by atoms with van der Waals surface area (Å²) in [7, 11) is 1.43. The number of carbonyl (C=O) groups is 1. The Morgan fingerprint density at radius 2 is 2.11 bits per heavy atom. The van der Waals surface area contributed by atoms with Gasteiger partial charge in [-0.15, -0.1) is 0 Å². The van der Waals surface area contributed by atoms with Crippen molar-refractivity contribution in [2.24, 2.45) is 0 Å². The molecule has 1 heterocycles. The Bertz CT molecular complexity index is 588. The number of ether oxygens (including phenoxy) is 2. The van der Waals surface area contributed by atoms with Gasteiger partial charge < -0.3 is 14.6 Å². The Hall–Kier alpha value is -1.68. The van der Waals surface area contributed by atoms with E-state index in [2.05, 4.69) is 0 Å². The number of halogens is 1. The lowest BCUT2D eigenvalue weighted by atomic mass is 9.96. The Morgan fingerprint density at radius 3 is 2.63 bits per heavy atom. The molecule has 0 spiro atoms. The van der Waals surface area contributed by atoms with Crippen molar-refractivity contribution in [3.05, 3.63) is 27.8 Å². The van der Waals surface area contributed by atoms with Crippen molar-refractivity contribution in [3.63, 3.8) is 0 Å². The van der Waals surface area contributed by atoms with E-state index in [-0.39, 0.29) is 11.3 Å². The van der Waals surface area contributed by atoms with E-state index < -0.39 is 11.6 Å². The van der Waals surface area contributed by atoms with Crippen LogP contribution in [0.4, 0.5) is 0 Å². The second-order valence-corrected chi connectivity index (χ2v) is 5.31. The molecule has 0 radical (unpaired) electrons. The van der Waals surface area contributed by atoms with Crippen molar-refractivity contribution in [3.8, 4) is 11.5 Å². The number of methoxy groups -OCH3 is 1. The van der Waals surface area contributed by atoms with Crippen molar-refractivity contribution in [1.29, 1.82) is 0 Å². The second-order valence-electron chi connectivity index (χ2n) is 4.93. The predicted molar refractivity (Wildman–Crippen MR) is 73.4 cm³/mol. The summed E-state index contributed by atoms with van der Waals surface area (Å²) in [5, 5.41) is 9.61. The molecule has 0 bridgehead atoms. The molecule has 0 aromatic heterocycles. The molecular weight excluding hydrogens is 268 g/mol. The average Bonchev–Trinajstić information content (AvgIpc) is 2.32. The predicted octanol–water partition coefficient (Wildman–Crippen LogP) is 3.54. The van der Waals surface area contributed by atoms with Crippen LogP contribution >= 0.6 is 11.6 Å². The third kappa shape index (κ3) is 2.16. The van der Waals surface area contributed by atoms with Gasteiger partial charge in [-0.05, 0) is 38.5 Å². The van der Waals surface area contributed by atoms with Crippen LogP contribution in [0.3, 0.4) is 0 Å². The van der Waals surface area contributed by atoms with E-state index in [1.807, 2.05) is 19.9 Å². The van der Waals surface area contributed by atoms with Gasteiger partial charge in [0.2, 0.25) is 0 Å². The SMILES string of the molecule is COc1c2c(c(Cl)c(C)c1C(=O)O)OC(C)(C)C=C2. The van der Waals surface area contributed by atoms with E-state index in [9.17, 15) is 9.90 Å². The van der Waals surface area contributed by atoms with Gasteiger partial charge in [0.05, 0.1) is 17.7 Å². The fourth-order valence-electron chi connectivity index (χ4n) is 2.11. The minimum absolute atomic E-state index is 0.0687. The van der Waals surface area contributed by atoms with Crippen molar-refractivity contribution >= 4 is 23.6 Å². The van der Waals surface area contributed by atoms with Gasteiger partial charge in [0.15, 0.2) is 0 Å². The maximum atomic E-state index is 11.4. The van der Waals surface area contributed by atoms with Crippen LogP contribution in [-0.2, 0) is 0 Å². The number of aromatic carboxylic acids is 1. The molecule has 1 aromatic carbocycles. The van der Waals surface area contributed by atoms with E-state index in [0.717, 1.165) is 0 Å². The number of carboxylic acid groups (broad SMARTS) is 1. The summed E-state index contributed by atoms with van der Waals surface area (Å²) in [6.07, 6.45) is 3.63. The van der Waals surface area contributed by atoms with Crippen LogP contribution in [0.15, 0.2) is 6.08 Å². The van der Waals surface area contributed by atoms with Crippen LogP contribution in [0.25, 0.3) is 6.08 Å². The Balaban J connectivity index is 2.81. The van der Waals surface area contributed by atoms with Crippen LogP contribution in [0.1, 0.15) is 35.3 Å². The summed E-state index contributed by atoms with van der Waals surface area (Å²) < 4.78 is 11.1. The topological polar surface area (TPSA) is 55.8 Å². The normalized spacial score (nSPS) is 15.6. The van der Waals surface area contributed by atoms with Crippen LogP contribution in [0.2, 0.25) is 5.02 Å². The number of rotatable bonds is 2. The third-order valence-electron chi connectivity index (χ3n) is 3.05. The first-order valence-corrected chi connectivity index (χ1v) is 6.18. The van der Waals surface area contributed by atoms with Crippen LogP contribution < -0.4 is 9.47 Å². The molecule has 0 amide bonds. The van der Waals surface area contributed by atoms with Gasteiger partial charge in [-0.25, -0.2) is 4.79 Å². The molecule has 0 aliphatic carbocycles. The summed E-state index contributed by atoms with van der Waals surface area (Å²) in [5.74, 6) is -0.332. The standard InChI is InChI=1S/C14H15ClO4/c1-7-9(13(16)17)11(18-4)8-5-6-14(2,3)19-12(8)10(7)15/h5-6H,1-4H3,(H,16,17). The van der Waals surface area contributed by atoms with E-state index in [4.69, 9.17) is 21.1 Å². The molecule has 0 saturated heterocycles. The molecule has 0 saturated carbocycles. The fourth-order valence-corrected chi connectivity index (χ4v) is 2.34. The highest BCUT2D eigenvalue weighted by atomic mass is 35.5. The Morgan fingerprint density at radius 1 is 1.47 bits per heavy atom. The molecule has 0 atom stereocenters. The van der Waals surface area contributed by atoms with E-state index in [0.29, 0.717) is 21.9 Å². The first-order valence-electron chi connectivity index (χ1n) is 5.80. The molecule has 4 nitrogen and oxygen atoms in total. The molecular formula is C14H15ClO4. The van der Waals surface area contributed by atoms with E-state index in [1.54, 1.807) is 13.0 Å². The smallest absolute Gasteiger partial charge is 0.339 e. The lowest BCUT2D eigenvalue weighted by Gasteiger charge is -2.30. The molecule has 19 heavy (non-hydrogen) atoms. The average molecular weight is 283 g/mol. The fraction of sp³-hybridized carbons (Fsp3) is 0.357. The lowest BCUT2D eigenvalue weighted by Crippen LogP contribution is -2.28. The number of fused-ring (bicyclic) bond motifs is 1. The highest BCUT2D eigenvalue weighted by Crippen LogP contribution is 2.46. The summed E-state index contributed by atoms with van der Waals surface area (Å²) >= 11 is 6.24. The second kappa shape index (κ2) is 4.46. The number of benzene rings is 1. The molecule has 0 unspecified atom stereocenters. The molecule has 1 aliphatic heterocycles. The zero-order valence-electron chi connectivity index (χ0n) is 11.2. The largest absolute Gasteiger partial charge is 0.495 e.